The van der Waals surface area contributed by atoms with E-state index in [0.717, 1.165) is 23.6 Å². The molecule has 0 amide bonds. The second kappa shape index (κ2) is 11.1. The van der Waals surface area contributed by atoms with Crippen molar-refractivity contribution in [1.29, 1.82) is 0 Å². The second-order valence-electron chi connectivity index (χ2n) is 6.22. The van der Waals surface area contributed by atoms with Gasteiger partial charge in [-0.15, -0.1) is 6.58 Å². The molecule has 5 nitrogen and oxygen atoms in total. The van der Waals surface area contributed by atoms with Crippen molar-refractivity contribution in [2.24, 2.45) is 5.92 Å². The average molecular weight is 337 g/mol. The van der Waals surface area contributed by atoms with Crippen molar-refractivity contribution in [3.05, 3.63) is 36.4 Å². The highest BCUT2D eigenvalue weighted by molar-refractivity contribution is 5.46. The van der Waals surface area contributed by atoms with Gasteiger partial charge in [-0.3, -0.25) is 4.90 Å². The molecule has 0 aliphatic heterocycles. The number of methoxy groups -OCH3 is 2. The van der Waals surface area contributed by atoms with E-state index in [1.54, 1.807) is 20.3 Å². The van der Waals surface area contributed by atoms with Gasteiger partial charge < -0.3 is 19.3 Å². The molecule has 0 aliphatic rings. The van der Waals surface area contributed by atoms with Crippen molar-refractivity contribution < 1.29 is 19.3 Å². The fourth-order valence-corrected chi connectivity index (χ4v) is 2.68. The molecule has 0 saturated carbocycles. The van der Waals surface area contributed by atoms with Crippen LogP contribution in [0.3, 0.4) is 0 Å². The molecule has 0 fully saturated rings. The molecule has 1 atom stereocenters. The lowest BCUT2D eigenvalue weighted by Gasteiger charge is -2.27. The summed E-state index contributed by atoms with van der Waals surface area (Å²) in [6, 6.07) is 5.86. The molecule has 0 spiro atoms. The summed E-state index contributed by atoms with van der Waals surface area (Å²) >= 11 is 0. The Morgan fingerprint density at radius 1 is 1.21 bits per heavy atom. The van der Waals surface area contributed by atoms with Crippen LogP contribution >= 0.6 is 0 Å². The van der Waals surface area contributed by atoms with Crippen molar-refractivity contribution in [2.75, 3.05) is 40.5 Å². The van der Waals surface area contributed by atoms with E-state index in [2.05, 4.69) is 25.3 Å². The zero-order valence-electron chi connectivity index (χ0n) is 15.3. The Bertz CT molecular complexity index is 490. The third kappa shape index (κ3) is 6.91. The van der Waals surface area contributed by atoms with E-state index >= 15 is 0 Å². The van der Waals surface area contributed by atoms with Crippen LogP contribution < -0.4 is 9.47 Å². The van der Waals surface area contributed by atoms with Crippen molar-refractivity contribution >= 4 is 0 Å². The molecule has 0 unspecified atom stereocenters. The number of para-hydroxylation sites is 1. The van der Waals surface area contributed by atoms with Gasteiger partial charge >= 0.3 is 0 Å². The summed E-state index contributed by atoms with van der Waals surface area (Å²) in [6.07, 6.45) is 1.14. The van der Waals surface area contributed by atoms with Gasteiger partial charge in [0, 0.05) is 25.2 Å². The maximum atomic E-state index is 10.2. The highest BCUT2D eigenvalue weighted by atomic mass is 16.5. The number of hydrogen-bond acceptors (Lipinski definition) is 5. The smallest absolute Gasteiger partial charge is 0.165 e. The minimum Gasteiger partial charge on any atom is -0.493 e. The number of rotatable bonds is 12. The molecule has 136 valence electrons. The zero-order chi connectivity index (χ0) is 17.9. The van der Waals surface area contributed by atoms with Crippen LogP contribution in [-0.4, -0.2) is 56.6 Å². The maximum absolute atomic E-state index is 10.2. The van der Waals surface area contributed by atoms with E-state index in [-0.39, 0.29) is 0 Å². The summed E-state index contributed by atoms with van der Waals surface area (Å²) in [5.74, 6) is 1.95. The van der Waals surface area contributed by atoms with Gasteiger partial charge in [0.05, 0.1) is 33.5 Å². The van der Waals surface area contributed by atoms with Gasteiger partial charge in [0.2, 0.25) is 0 Å². The molecule has 1 N–H and O–H groups in total. The van der Waals surface area contributed by atoms with E-state index in [0.29, 0.717) is 32.2 Å². The number of aliphatic hydroxyl groups excluding tert-OH is 1. The Hall–Kier alpha value is -1.56. The average Bonchev–Trinajstić information content (AvgIpc) is 2.54. The van der Waals surface area contributed by atoms with Gasteiger partial charge in [-0.2, -0.15) is 0 Å². The van der Waals surface area contributed by atoms with Gasteiger partial charge in [-0.25, -0.2) is 0 Å². The van der Waals surface area contributed by atoms with Crippen LogP contribution in [-0.2, 0) is 11.3 Å². The normalized spacial score (nSPS) is 12.5. The number of benzene rings is 1. The van der Waals surface area contributed by atoms with Gasteiger partial charge in [0.15, 0.2) is 11.5 Å². The molecule has 5 heteroatoms. The molecule has 0 aromatic heterocycles. The highest BCUT2D eigenvalue weighted by Gasteiger charge is 2.17. The standard InChI is InChI=1S/C19H31NO4/c1-6-10-24-14-17(21)13-20(11-15(2)3)12-16-8-7-9-18(22-4)19(16)23-5/h6-9,15,17,21H,1,10-14H2,2-5H3/t17-/m0/s1. The summed E-state index contributed by atoms with van der Waals surface area (Å²) in [5.41, 5.74) is 1.04. The molecule has 0 saturated heterocycles. The molecular weight excluding hydrogens is 306 g/mol. The molecule has 1 rings (SSSR count). The van der Waals surface area contributed by atoms with Crippen LogP contribution in [0.25, 0.3) is 0 Å². The second-order valence-corrected chi connectivity index (χ2v) is 6.22. The SMILES string of the molecule is C=CCOC[C@@H](O)CN(Cc1cccc(OC)c1OC)CC(C)C. The lowest BCUT2D eigenvalue weighted by Crippen LogP contribution is -2.37. The monoisotopic (exact) mass is 337 g/mol. The van der Waals surface area contributed by atoms with E-state index in [4.69, 9.17) is 14.2 Å². The van der Waals surface area contributed by atoms with Gasteiger partial charge in [0.1, 0.15) is 0 Å². The van der Waals surface area contributed by atoms with Crippen LogP contribution in [0, 0.1) is 5.92 Å². The molecule has 24 heavy (non-hydrogen) atoms. The third-order valence-corrected chi connectivity index (χ3v) is 3.52. The Balaban J connectivity index is 2.80. The Morgan fingerprint density at radius 2 is 1.96 bits per heavy atom. The predicted molar refractivity (Wildman–Crippen MR) is 96.7 cm³/mol. The lowest BCUT2D eigenvalue weighted by molar-refractivity contribution is 0.0222. The van der Waals surface area contributed by atoms with Crippen LogP contribution in [0.15, 0.2) is 30.9 Å². The van der Waals surface area contributed by atoms with E-state index in [1.807, 2.05) is 18.2 Å². The van der Waals surface area contributed by atoms with Gasteiger partial charge in [-0.05, 0) is 12.0 Å². The topological polar surface area (TPSA) is 51.2 Å². The highest BCUT2D eigenvalue weighted by Crippen LogP contribution is 2.31. The predicted octanol–water partition coefficient (Wildman–Crippen LogP) is 2.73. The van der Waals surface area contributed by atoms with Crippen molar-refractivity contribution in [3.63, 3.8) is 0 Å². The number of nitrogens with zero attached hydrogens (tertiary/aromatic N) is 1. The summed E-state index contributed by atoms with van der Waals surface area (Å²) < 4.78 is 16.2. The summed E-state index contributed by atoms with van der Waals surface area (Å²) in [4.78, 5) is 2.21. The first-order valence-corrected chi connectivity index (χ1v) is 8.30. The Labute approximate surface area is 145 Å². The largest absolute Gasteiger partial charge is 0.493 e. The van der Waals surface area contributed by atoms with Crippen molar-refractivity contribution in [1.82, 2.24) is 4.90 Å². The van der Waals surface area contributed by atoms with Crippen molar-refractivity contribution in [3.8, 4) is 11.5 Å². The summed E-state index contributed by atoms with van der Waals surface area (Å²) in [5, 5.41) is 10.2. The third-order valence-electron chi connectivity index (χ3n) is 3.52. The molecule has 0 radical (unpaired) electrons. The first kappa shape index (κ1) is 20.5. The van der Waals surface area contributed by atoms with Crippen LogP contribution in [0.1, 0.15) is 19.4 Å². The van der Waals surface area contributed by atoms with Gasteiger partial charge in [-0.1, -0.05) is 32.1 Å². The van der Waals surface area contributed by atoms with E-state index in [1.165, 1.54) is 0 Å². The zero-order valence-corrected chi connectivity index (χ0v) is 15.3. The maximum Gasteiger partial charge on any atom is 0.165 e. The quantitative estimate of drug-likeness (QED) is 0.469. The van der Waals surface area contributed by atoms with Gasteiger partial charge in [0.25, 0.3) is 0 Å². The summed E-state index contributed by atoms with van der Waals surface area (Å²) in [6.45, 7) is 10.8. The Kier molecular flexibility index (Phi) is 9.45. The minimum atomic E-state index is -0.541. The molecule has 0 heterocycles. The first-order valence-electron chi connectivity index (χ1n) is 8.30. The van der Waals surface area contributed by atoms with E-state index < -0.39 is 6.10 Å². The fraction of sp³-hybridized carbons (Fsp3) is 0.579. The molecule has 0 aliphatic carbocycles. The first-order chi connectivity index (χ1) is 11.5. The van der Waals surface area contributed by atoms with Crippen LogP contribution in [0.5, 0.6) is 11.5 Å². The van der Waals surface area contributed by atoms with Crippen LogP contribution in [0.2, 0.25) is 0 Å². The fourth-order valence-electron chi connectivity index (χ4n) is 2.68. The van der Waals surface area contributed by atoms with E-state index in [9.17, 15) is 5.11 Å². The van der Waals surface area contributed by atoms with Crippen molar-refractivity contribution in [2.45, 2.75) is 26.5 Å². The number of ether oxygens (including phenoxy) is 3. The Morgan fingerprint density at radius 3 is 2.54 bits per heavy atom. The molecular formula is C19H31NO4. The van der Waals surface area contributed by atoms with Crippen LogP contribution in [0.4, 0.5) is 0 Å². The summed E-state index contributed by atoms with van der Waals surface area (Å²) in [7, 11) is 3.28. The molecule has 1 aromatic rings. The molecule has 0 bridgehead atoms. The molecule has 1 aromatic carbocycles. The minimum absolute atomic E-state index is 0.301. The lowest BCUT2D eigenvalue weighted by atomic mass is 10.1. The number of hydrogen-bond donors (Lipinski definition) is 1. The number of aliphatic hydroxyl groups is 1.